The van der Waals surface area contributed by atoms with E-state index in [2.05, 4.69) is 0 Å². The fourth-order valence-corrected chi connectivity index (χ4v) is 2.22. The molecular weight excluding hydrogens is 378 g/mol. The monoisotopic (exact) mass is 388 g/mol. The van der Waals surface area contributed by atoms with Gasteiger partial charge in [-0.2, -0.15) is 0 Å². The lowest BCUT2D eigenvalue weighted by Gasteiger charge is -2.23. The molecule has 1 fully saturated rings. The molecule has 0 amide bonds. The van der Waals surface area contributed by atoms with E-state index >= 15 is 0 Å². The van der Waals surface area contributed by atoms with Crippen LogP contribution in [0.1, 0.15) is 6.23 Å². The topological polar surface area (TPSA) is 125 Å². The summed E-state index contributed by atoms with van der Waals surface area (Å²) in [5.41, 5.74) is -1.67. The summed E-state index contributed by atoms with van der Waals surface area (Å²) in [7, 11) is 0. The van der Waals surface area contributed by atoms with Crippen LogP contribution in [0.2, 0.25) is 0 Å². The Bertz CT molecular complexity index is 599. The molecule has 2 heterocycles. The van der Waals surface area contributed by atoms with E-state index in [1.54, 1.807) is 22.6 Å². The average Bonchev–Trinajstić information content (AvgIpc) is 2.56. The van der Waals surface area contributed by atoms with Gasteiger partial charge in [-0.15, -0.1) is 0 Å². The largest absolute Gasteiger partial charge is 0.394 e. The molecule has 4 atom stereocenters. The average molecular weight is 388 g/mol. The smallest absolute Gasteiger partial charge is 0.330 e. The lowest BCUT2D eigenvalue weighted by molar-refractivity contribution is -0.197. The summed E-state index contributed by atoms with van der Waals surface area (Å²) in [5.74, 6) is -3.27. The van der Waals surface area contributed by atoms with E-state index in [-0.39, 0.29) is 3.57 Å². The minimum atomic E-state index is -3.27. The minimum Gasteiger partial charge on any atom is -0.394 e. The molecule has 106 valence electrons. The molecule has 1 aromatic rings. The molecule has 0 aromatic carbocycles. The van der Waals surface area contributed by atoms with Crippen molar-refractivity contribution in [1.82, 2.24) is 9.55 Å². The van der Waals surface area contributed by atoms with Crippen molar-refractivity contribution < 1.29 is 24.4 Å². The first-order chi connectivity index (χ1) is 8.78. The molecule has 2 rings (SSSR count). The van der Waals surface area contributed by atoms with Crippen LogP contribution in [-0.2, 0) is 4.74 Å². The zero-order valence-corrected chi connectivity index (χ0v) is 11.4. The van der Waals surface area contributed by atoms with Crippen molar-refractivity contribution in [2.75, 3.05) is 6.61 Å². The SMILES string of the molecule is O=c1[nH]c(=O)n(C2O[C@H](CO)[C@@H](O)[C@@]2(O)F)cc1I. The number of hydrogen-bond acceptors (Lipinski definition) is 6. The molecule has 0 aliphatic carbocycles. The van der Waals surface area contributed by atoms with Gasteiger partial charge in [-0.1, -0.05) is 0 Å². The first kappa shape index (κ1) is 14.6. The predicted octanol–water partition coefficient (Wildman–Crippen LogP) is -1.95. The Hall–Kier alpha value is -0.820. The van der Waals surface area contributed by atoms with Crippen LogP contribution in [0.5, 0.6) is 0 Å². The molecule has 1 unspecified atom stereocenters. The van der Waals surface area contributed by atoms with Gasteiger partial charge in [-0.3, -0.25) is 14.3 Å². The fraction of sp³-hybridized carbons (Fsp3) is 0.556. The highest BCUT2D eigenvalue weighted by atomic mass is 127. The van der Waals surface area contributed by atoms with E-state index < -0.39 is 42.1 Å². The summed E-state index contributed by atoms with van der Waals surface area (Å²) in [4.78, 5) is 24.7. The van der Waals surface area contributed by atoms with Crippen molar-refractivity contribution in [2.45, 2.75) is 24.3 Å². The summed E-state index contributed by atoms with van der Waals surface area (Å²) >= 11 is 1.61. The summed E-state index contributed by atoms with van der Waals surface area (Å²) in [6.45, 7) is -0.737. The summed E-state index contributed by atoms with van der Waals surface area (Å²) in [6, 6.07) is 0. The molecule has 4 N–H and O–H groups in total. The Balaban J connectivity index is 2.51. The Labute approximate surface area is 118 Å². The first-order valence-electron chi connectivity index (χ1n) is 5.15. The van der Waals surface area contributed by atoms with Crippen molar-refractivity contribution in [3.05, 3.63) is 30.6 Å². The van der Waals surface area contributed by atoms with Crippen LogP contribution in [0.15, 0.2) is 15.8 Å². The number of alkyl halides is 1. The van der Waals surface area contributed by atoms with E-state index in [9.17, 15) is 24.2 Å². The van der Waals surface area contributed by atoms with E-state index in [1.165, 1.54) is 0 Å². The molecule has 8 nitrogen and oxygen atoms in total. The molecule has 0 spiro atoms. The van der Waals surface area contributed by atoms with Gasteiger partial charge in [0.2, 0.25) is 0 Å². The number of nitrogens with one attached hydrogen (secondary N) is 1. The summed E-state index contributed by atoms with van der Waals surface area (Å²) in [5, 5.41) is 27.9. The Morgan fingerprint density at radius 2 is 2.21 bits per heavy atom. The number of hydrogen-bond donors (Lipinski definition) is 4. The molecular formula is C9H10FIN2O6. The second-order valence-corrected chi connectivity index (χ2v) is 5.19. The van der Waals surface area contributed by atoms with Gasteiger partial charge in [0.15, 0.2) is 6.23 Å². The van der Waals surface area contributed by atoms with Gasteiger partial charge in [0.25, 0.3) is 11.4 Å². The normalized spacial score (nSPS) is 34.7. The second-order valence-electron chi connectivity index (χ2n) is 4.03. The van der Waals surface area contributed by atoms with Crippen LogP contribution in [-0.4, -0.2) is 49.5 Å². The second kappa shape index (κ2) is 4.94. The number of aliphatic hydroxyl groups is 3. The predicted molar refractivity (Wildman–Crippen MR) is 67.1 cm³/mol. The van der Waals surface area contributed by atoms with Crippen molar-refractivity contribution in [2.24, 2.45) is 0 Å². The number of nitrogens with zero attached hydrogens (tertiary/aromatic N) is 1. The van der Waals surface area contributed by atoms with Gasteiger partial charge in [0, 0.05) is 6.20 Å². The third kappa shape index (κ3) is 2.33. The number of rotatable bonds is 2. The van der Waals surface area contributed by atoms with Crippen molar-refractivity contribution in [3.63, 3.8) is 0 Å². The van der Waals surface area contributed by atoms with Gasteiger partial charge < -0.3 is 20.1 Å². The van der Waals surface area contributed by atoms with E-state index in [1.807, 2.05) is 4.98 Å². The van der Waals surface area contributed by atoms with Gasteiger partial charge in [-0.05, 0) is 22.6 Å². The van der Waals surface area contributed by atoms with Crippen LogP contribution >= 0.6 is 22.6 Å². The van der Waals surface area contributed by atoms with Crippen LogP contribution < -0.4 is 11.2 Å². The number of H-pyrrole nitrogens is 1. The molecule has 1 aliphatic rings. The minimum absolute atomic E-state index is 0.0681. The molecule has 1 aromatic heterocycles. The number of aromatic amines is 1. The molecule has 0 bridgehead atoms. The Kier molecular flexibility index (Phi) is 3.79. The zero-order chi connectivity index (χ0) is 14.4. The van der Waals surface area contributed by atoms with Crippen molar-refractivity contribution in [3.8, 4) is 0 Å². The van der Waals surface area contributed by atoms with Gasteiger partial charge in [0.1, 0.15) is 12.2 Å². The Morgan fingerprint density at radius 3 is 2.74 bits per heavy atom. The van der Waals surface area contributed by atoms with Crippen LogP contribution in [0.25, 0.3) is 0 Å². The third-order valence-corrected chi connectivity index (χ3v) is 3.54. The maximum absolute atomic E-state index is 14.0. The molecule has 0 saturated carbocycles. The van der Waals surface area contributed by atoms with Gasteiger partial charge in [-0.25, -0.2) is 9.18 Å². The summed E-state index contributed by atoms with van der Waals surface area (Å²) < 4.78 is 19.6. The highest BCUT2D eigenvalue weighted by Crippen LogP contribution is 2.38. The lowest BCUT2D eigenvalue weighted by atomic mass is 10.1. The molecule has 1 saturated heterocycles. The number of aliphatic hydroxyl groups excluding tert-OH is 2. The number of aromatic nitrogens is 2. The molecule has 0 radical (unpaired) electrons. The highest BCUT2D eigenvalue weighted by Gasteiger charge is 2.57. The maximum Gasteiger partial charge on any atom is 0.330 e. The number of ether oxygens (including phenoxy) is 1. The fourth-order valence-electron chi connectivity index (χ4n) is 1.78. The molecule has 19 heavy (non-hydrogen) atoms. The van der Waals surface area contributed by atoms with Crippen LogP contribution in [0.3, 0.4) is 0 Å². The molecule has 10 heteroatoms. The third-order valence-electron chi connectivity index (χ3n) is 2.77. The van der Waals surface area contributed by atoms with E-state index in [0.29, 0.717) is 4.57 Å². The maximum atomic E-state index is 14.0. The van der Waals surface area contributed by atoms with Crippen LogP contribution in [0.4, 0.5) is 4.39 Å². The van der Waals surface area contributed by atoms with E-state index in [0.717, 1.165) is 6.20 Å². The highest BCUT2D eigenvalue weighted by molar-refractivity contribution is 14.1. The molecule has 1 aliphatic heterocycles. The summed E-state index contributed by atoms with van der Waals surface area (Å²) in [6.07, 6.45) is -4.27. The number of halogens is 2. The van der Waals surface area contributed by atoms with Gasteiger partial charge in [0.05, 0.1) is 10.2 Å². The quantitative estimate of drug-likeness (QED) is 0.437. The zero-order valence-electron chi connectivity index (χ0n) is 9.29. The lowest BCUT2D eigenvalue weighted by Crippen LogP contribution is -2.46. The van der Waals surface area contributed by atoms with Gasteiger partial charge >= 0.3 is 5.69 Å². The Morgan fingerprint density at radius 1 is 1.58 bits per heavy atom. The van der Waals surface area contributed by atoms with Crippen molar-refractivity contribution >= 4 is 22.6 Å². The van der Waals surface area contributed by atoms with Crippen LogP contribution in [0, 0.1) is 3.57 Å². The standard InChI is InChI=1S/C9H10FIN2O6/c10-9(18)5(15)4(2-14)19-7(9)13-1-3(11)6(16)12-8(13)17/h1,4-5,7,14-15,18H,2H2,(H,12,16,17)/t4-,5-,7?,9+/m1/s1. The van der Waals surface area contributed by atoms with E-state index in [4.69, 9.17) is 9.84 Å². The van der Waals surface area contributed by atoms with Crippen molar-refractivity contribution in [1.29, 1.82) is 0 Å². The first-order valence-corrected chi connectivity index (χ1v) is 6.23.